The first-order valence-electron chi connectivity index (χ1n) is 9.34. The molecule has 5 heteroatoms. The summed E-state index contributed by atoms with van der Waals surface area (Å²) in [7, 11) is 0. The third-order valence-electron chi connectivity index (χ3n) is 4.86. The maximum absolute atomic E-state index is 14.3. The van der Waals surface area contributed by atoms with Gasteiger partial charge in [-0.25, -0.2) is 4.39 Å². The average molecular weight is 386 g/mol. The molecule has 0 aliphatic carbocycles. The molecule has 2 aromatic carbocycles. The van der Waals surface area contributed by atoms with Crippen LogP contribution in [0.2, 0.25) is 0 Å². The molecular formula is C22H24FNO2S. The highest BCUT2D eigenvalue weighted by Gasteiger charge is 2.23. The lowest BCUT2D eigenvalue weighted by molar-refractivity contribution is -0.206. The van der Waals surface area contributed by atoms with Crippen LogP contribution in [0.15, 0.2) is 41.4 Å². The highest BCUT2D eigenvalue weighted by molar-refractivity contribution is 7.78. The number of hydrogen-bond acceptors (Lipinski definition) is 4. The van der Waals surface area contributed by atoms with Gasteiger partial charge in [0.25, 0.3) is 0 Å². The summed E-state index contributed by atoms with van der Waals surface area (Å²) < 4.78 is 26.0. The molecule has 0 spiro atoms. The summed E-state index contributed by atoms with van der Waals surface area (Å²) in [6.45, 7) is 5.48. The van der Waals surface area contributed by atoms with Crippen LogP contribution in [0.1, 0.15) is 43.6 Å². The van der Waals surface area contributed by atoms with Crippen molar-refractivity contribution in [1.82, 2.24) is 0 Å². The molecule has 0 saturated carbocycles. The zero-order valence-electron chi connectivity index (χ0n) is 15.7. The fourth-order valence-corrected chi connectivity index (χ4v) is 3.41. The number of thiocarbonyl (C=S) groups is 1. The minimum Gasteiger partial charge on any atom is -0.348 e. The van der Waals surface area contributed by atoms with Gasteiger partial charge in [0, 0.05) is 11.5 Å². The van der Waals surface area contributed by atoms with Gasteiger partial charge in [-0.15, -0.1) is 0 Å². The van der Waals surface area contributed by atoms with Gasteiger partial charge >= 0.3 is 0 Å². The van der Waals surface area contributed by atoms with E-state index in [0.29, 0.717) is 5.92 Å². The molecule has 0 amide bonds. The highest BCUT2D eigenvalue weighted by atomic mass is 32.1. The Morgan fingerprint density at radius 2 is 1.85 bits per heavy atom. The fourth-order valence-electron chi connectivity index (χ4n) is 3.32. The lowest BCUT2D eigenvalue weighted by Gasteiger charge is -2.29. The van der Waals surface area contributed by atoms with E-state index in [1.54, 1.807) is 0 Å². The molecule has 0 atom stereocenters. The summed E-state index contributed by atoms with van der Waals surface area (Å²) in [6, 6.07) is 11.2. The first kappa shape index (κ1) is 19.8. The van der Waals surface area contributed by atoms with E-state index in [1.165, 1.54) is 18.9 Å². The van der Waals surface area contributed by atoms with Crippen molar-refractivity contribution in [3.05, 3.63) is 53.3 Å². The Bertz CT molecular complexity index is 800. The monoisotopic (exact) mass is 385 g/mol. The molecule has 142 valence electrons. The van der Waals surface area contributed by atoms with Crippen LogP contribution >= 0.6 is 12.2 Å². The SMILES string of the molecule is CCCCC1COC(c2ccc(-c3cc(C)c(N=C=S)c(F)c3)cc2)OC1. The van der Waals surface area contributed by atoms with Gasteiger partial charge in [0.15, 0.2) is 12.1 Å². The van der Waals surface area contributed by atoms with E-state index in [1.807, 2.05) is 37.3 Å². The molecule has 1 fully saturated rings. The van der Waals surface area contributed by atoms with Crippen LogP contribution in [-0.4, -0.2) is 18.4 Å². The van der Waals surface area contributed by atoms with Gasteiger partial charge in [0.2, 0.25) is 0 Å². The van der Waals surface area contributed by atoms with E-state index in [9.17, 15) is 4.39 Å². The van der Waals surface area contributed by atoms with Crippen molar-refractivity contribution in [2.24, 2.45) is 10.9 Å². The summed E-state index contributed by atoms with van der Waals surface area (Å²) in [4.78, 5) is 3.80. The second kappa shape index (κ2) is 9.34. The molecule has 0 unspecified atom stereocenters. The van der Waals surface area contributed by atoms with Crippen molar-refractivity contribution in [3.63, 3.8) is 0 Å². The maximum Gasteiger partial charge on any atom is 0.183 e. The largest absolute Gasteiger partial charge is 0.348 e. The lowest BCUT2D eigenvalue weighted by Crippen LogP contribution is -2.27. The first-order valence-corrected chi connectivity index (χ1v) is 9.74. The van der Waals surface area contributed by atoms with Gasteiger partial charge in [-0.3, -0.25) is 0 Å². The predicted molar refractivity (Wildman–Crippen MR) is 109 cm³/mol. The van der Waals surface area contributed by atoms with Gasteiger partial charge in [-0.05, 0) is 54.4 Å². The number of isothiocyanates is 1. The van der Waals surface area contributed by atoms with E-state index in [-0.39, 0.29) is 12.0 Å². The number of benzene rings is 2. The zero-order valence-corrected chi connectivity index (χ0v) is 16.5. The standard InChI is InChI=1S/C22H24FNO2S/c1-3-4-5-16-12-25-22(26-13-16)18-8-6-17(7-9-18)19-10-15(2)21(24-14-27)20(23)11-19/h6-11,16,22H,3-5,12-13H2,1-2H3. The maximum atomic E-state index is 14.3. The molecule has 0 bridgehead atoms. The number of rotatable bonds is 6. The Balaban J connectivity index is 1.70. The van der Waals surface area contributed by atoms with Crippen LogP contribution in [0.4, 0.5) is 10.1 Å². The first-order chi connectivity index (χ1) is 13.1. The summed E-state index contributed by atoms with van der Waals surface area (Å²) >= 11 is 4.58. The van der Waals surface area contributed by atoms with E-state index in [2.05, 4.69) is 29.3 Å². The molecule has 27 heavy (non-hydrogen) atoms. The molecule has 0 N–H and O–H groups in total. The lowest BCUT2D eigenvalue weighted by atomic mass is 10.00. The zero-order chi connectivity index (χ0) is 19.2. The molecule has 2 aromatic rings. The molecule has 0 radical (unpaired) electrons. The second-order valence-electron chi connectivity index (χ2n) is 6.96. The van der Waals surface area contributed by atoms with Gasteiger partial charge in [0.1, 0.15) is 5.69 Å². The molecule has 3 rings (SSSR count). The number of nitrogens with zero attached hydrogens (tertiary/aromatic N) is 1. The predicted octanol–water partition coefficient (Wildman–Crippen LogP) is 6.39. The van der Waals surface area contributed by atoms with E-state index < -0.39 is 5.82 Å². The number of halogens is 1. The molecule has 1 heterocycles. The Morgan fingerprint density at radius 1 is 1.15 bits per heavy atom. The Hall–Kier alpha value is -1.91. The van der Waals surface area contributed by atoms with Crippen LogP contribution in [0.25, 0.3) is 11.1 Å². The van der Waals surface area contributed by atoms with Crippen molar-refractivity contribution >= 4 is 23.1 Å². The van der Waals surface area contributed by atoms with Crippen molar-refractivity contribution < 1.29 is 13.9 Å². The van der Waals surface area contributed by atoms with Crippen molar-refractivity contribution in [1.29, 1.82) is 0 Å². The summed E-state index contributed by atoms with van der Waals surface area (Å²) in [5.74, 6) is 0.0865. The fraction of sp³-hybridized carbons (Fsp3) is 0.409. The Labute approximate surface area is 165 Å². The van der Waals surface area contributed by atoms with Gasteiger partial charge < -0.3 is 9.47 Å². The van der Waals surface area contributed by atoms with Crippen LogP contribution in [0.5, 0.6) is 0 Å². The molecule has 1 aliphatic rings. The number of aliphatic imine (C=N–C) groups is 1. The van der Waals surface area contributed by atoms with E-state index in [0.717, 1.165) is 41.9 Å². The van der Waals surface area contributed by atoms with Crippen LogP contribution < -0.4 is 0 Å². The number of ether oxygens (including phenoxy) is 2. The third-order valence-corrected chi connectivity index (χ3v) is 4.95. The molecular weight excluding hydrogens is 361 g/mol. The normalized spacial score (nSPS) is 19.5. The number of hydrogen-bond donors (Lipinski definition) is 0. The Morgan fingerprint density at radius 3 is 2.44 bits per heavy atom. The number of aryl methyl sites for hydroxylation is 1. The third kappa shape index (κ3) is 4.88. The van der Waals surface area contributed by atoms with Crippen molar-refractivity contribution in [2.75, 3.05) is 13.2 Å². The van der Waals surface area contributed by atoms with Crippen molar-refractivity contribution in [3.8, 4) is 11.1 Å². The quantitative estimate of drug-likeness (QED) is 0.426. The topological polar surface area (TPSA) is 30.8 Å². The van der Waals surface area contributed by atoms with Gasteiger partial charge in [-0.1, -0.05) is 44.0 Å². The van der Waals surface area contributed by atoms with Gasteiger partial charge in [-0.2, -0.15) is 4.99 Å². The molecule has 3 nitrogen and oxygen atoms in total. The molecule has 1 saturated heterocycles. The summed E-state index contributed by atoms with van der Waals surface area (Å²) in [5.41, 5.74) is 3.67. The molecule has 1 aliphatic heterocycles. The van der Waals surface area contributed by atoms with Crippen molar-refractivity contribution in [2.45, 2.75) is 39.4 Å². The highest BCUT2D eigenvalue weighted by Crippen LogP contribution is 2.32. The van der Waals surface area contributed by atoms with Gasteiger partial charge in [0.05, 0.1) is 18.4 Å². The summed E-state index contributed by atoms with van der Waals surface area (Å²) in [5, 5.41) is 2.22. The van der Waals surface area contributed by atoms with Crippen LogP contribution in [0.3, 0.4) is 0 Å². The van der Waals surface area contributed by atoms with E-state index >= 15 is 0 Å². The minimum absolute atomic E-state index is 0.243. The van der Waals surface area contributed by atoms with Crippen LogP contribution in [0, 0.1) is 18.7 Å². The number of unbranched alkanes of at least 4 members (excludes halogenated alkanes) is 1. The second-order valence-corrected chi connectivity index (χ2v) is 7.14. The minimum atomic E-state index is -0.400. The van der Waals surface area contributed by atoms with Crippen LogP contribution in [-0.2, 0) is 9.47 Å². The smallest absolute Gasteiger partial charge is 0.183 e. The molecule has 0 aromatic heterocycles. The Kier molecular flexibility index (Phi) is 6.86. The summed E-state index contributed by atoms with van der Waals surface area (Å²) in [6.07, 6.45) is 3.23. The van der Waals surface area contributed by atoms with E-state index in [4.69, 9.17) is 9.47 Å². The average Bonchev–Trinajstić information content (AvgIpc) is 2.69.